The van der Waals surface area contributed by atoms with Gasteiger partial charge in [0.2, 0.25) is 5.13 Å². The Balaban J connectivity index is 2.45. The van der Waals surface area contributed by atoms with Gasteiger partial charge in [-0.2, -0.15) is 4.98 Å². The molecule has 1 N–H and O–H groups in total. The lowest BCUT2D eigenvalue weighted by Gasteiger charge is -2.19. The third-order valence-corrected chi connectivity index (χ3v) is 3.28. The largest absolute Gasteiger partial charge is 0.359 e. The van der Waals surface area contributed by atoms with E-state index >= 15 is 0 Å². The molecule has 1 aromatic heterocycles. The number of hydrogen-bond acceptors (Lipinski definition) is 4. The Kier molecular flexibility index (Phi) is 3.96. The van der Waals surface area contributed by atoms with Crippen LogP contribution < -0.4 is 15.9 Å². The number of benzene rings is 1. The molecule has 2 amide bonds. The van der Waals surface area contributed by atoms with Crippen LogP contribution in [0.1, 0.15) is 6.92 Å². The van der Waals surface area contributed by atoms with Crippen molar-refractivity contribution in [3.63, 3.8) is 0 Å². The van der Waals surface area contributed by atoms with Crippen molar-refractivity contribution in [2.75, 3.05) is 11.4 Å². The van der Waals surface area contributed by atoms with Gasteiger partial charge in [-0.1, -0.05) is 18.2 Å². The van der Waals surface area contributed by atoms with Crippen molar-refractivity contribution < 1.29 is 4.79 Å². The summed E-state index contributed by atoms with van der Waals surface area (Å²) in [6.07, 6.45) is 0. The Labute approximate surface area is 114 Å². The molecule has 1 heterocycles. The molecule has 0 atom stereocenters. The molecule has 100 valence electrons. The Morgan fingerprint density at radius 1 is 1.42 bits per heavy atom. The predicted molar refractivity (Wildman–Crippen MR) is 75.0 cm³/mol. The highest BCUT2D eigenvalue weighted by molar-refractivity contribution is 7.10. The fourth-order valence-electron chi connectivity index (χ4n) is 1.55. The van der Waals surface area contributed by atoms with Gasteiger partial charge in [-0.25, -0.2) is 18.4 Å². The molecule has 0 unspecified atom stereocenters. The molecular weight excluding hydrogens is 264 g/mol. The van der Waals surface area contributed by atoms with E-state index < -0.39 is 0 Å². The van der Waals surface area contributed by atoms with Crippen molar-refractivity contribution in [3.8, 4) is 0 Å². The second-order valence-electron chi connectivity index (χ2n) is 3.77. The standard InChI is InChI=1S/C12H14N4O2S/c1-3-13-10(17)16(9-7-5-4-6-8-9)12-14-11(18)15(2)19-12/h4-8H,3H2,1-2H3,(H,13,17). The Morgan fingerprint density at radius 3 is 2.63 bits per heavy atom. The van der Waals surface area contributed by atoms with Crippen molar-refractivity contribution in [2.45, 2.75) is 6.92 Å². The molecule has 0 saturated heterocycles. The zero-order valence-electron chi connectivity index (χ0n) is 10.7. The van der Waals surface area contributed by atoms with Crippen molar-refractivity contribution >= 4 is 28.4 Å². The molecule has 7 heteroatoms. The highest BCUT2D eigenvalue weighted by atomic mass is 32.1. The number of nitrogens with zero attached hydrogens (tertiary/aromatic N) is 3. The second kappa shape index (κ2) is 5.66. The molecule has 0 bridgehead atoms. The molecule has 19 heavy (non-hydrogen) atoms. The molecule has 1 aromatic carbocycles. The number of urea groups is 1. The molecule has 6 nitrogen and oxygen atoms in total. The van der Waals surface area contributed by atoms with Crippen molar-refractivity contribution in [3.05, 3.63) is 40.8 Å². The van der Waals surface area contributed by atoms with Crippen molar-refractivity contribution in [1.29, 1.82) is 0 Å². The average molecular weight is 278 g/mol. The lowest BCUT2D eigenvalue weighted by Crippen LogP contribution is -2.36. The van der Waals surface area contributed by atoms with Gasteiger partial charge in [0, 0.05) is 13.6 Å². The number of anilines is 2. The lowest BCUT2D eigenvalue weighted by atomic mass is 10.3. The SMILES string of the molecule is CCNC(=O)N(c1ccccc1)c1nc(=O)n(C)s1. The predicted octanol–water partition coefficient (Wildman–Crippen LogP) is 1.71. The van der Waals surface area contributed by atoms with E-state index in [1.165, 1.54) is 8.86 Å². The van der Waals surface area contributed by atoms with Crippen LogP contribution in [0.25, 0.3) is 0 Å². The molecule has 0 spiro atoms. The maximum absolute atomic E-state index is 12.1. The maximum Gasteiger partial charge on any atom is 0.359 e. The normalized spacial score (nSPS) is 10.2. The Hall–Kier alpha value is -2.15. The summed E-state index contributed by atoms with van der Waals surface area (Å²) in [5.41, 5.74) is 0.299. The highest BCUT2D eigenvalue weighted by Crippen LogP contribution is 2.25. The van der Waals surface area contributed by atoms with Gasteiger partial charge in [0.05, 0.1) is 5.69 Å². The van der Waals surface area contributed by atoms with E-state index in [2.05, 4.69) is 10.3 Å². The van der Waals surface area contributed by atoms with E-state index in [1.54, 1.807) is 19.2 Å². The van der Waals surface area contributed by atoms with E-state index in [9.17, 15) is 9.59 Å². The first kappa shape index (κ1) is 13.3. The molecule has 2 rings (SSSR count). The summed E-state index contributed by atoms with van der Waals surface area (Å²) in [6.45, 7) is 2.34. The van der Waals surface area contributed by atoms with Crippen LogP contribution >= 0.6 is 11.5 Å². The van der Waals surface area contributed by atoms with Crippen LogP contribution in [0, 0.1) is 0 Å². The summed E-state index contributed by atoms with van der Waals surface area (Å²) in [4.78, 5) is 28.9. The number of rotatable bonds is 3. The number of nitrogens with one attached hydrogen (secondary N) is 1. The van der Waals surface area contributed by atoms with Gasteiger partial charge in [-0.3, -0.25) is 0 Å². The monoisotopic (exact) mass is 278 g/mol. The van der Waals surface area contributed by atoms with Gasteiger partial charge in [0.25, 0.3) is 0 Å². The quantitative estimate of drug-likeness (QED) is 0.929. The van der Waals surface area contributed by atoms with E-state index in [4.69, 9.17) is 0 Å². The highest BCUT2D eigenvalue weighted by Gasteiger charge is 2.21. The summed E-state index contributed by atoms with van der Waals surface area (Å²) < 4.78 is 1.38. The number of aryl methyl sites for hydroxylation is 1. The second-order valence-corrected chi connectivity index (χ2v) is 4.87. The number of amides is 2. The van der Waals surface area contributed by atoms with Gasteiger partial charge in [0.1, 0.15) is 0 Å². The number of carbonyl (C=O) groups excluding carboxylic acids is 1. The molecule has 0 aliphatic rings. The maximum atomic E-state index is 12.1. The Bertz CT molecular complexity index is 620. The van der Waals surface area contributed by atoms with Gasteiger partial charge < -0.3 is 5.32 Å². The fourth-order valence-corrected chi connectivity index (χ4v) is 2.30. The topological polar surface area (TPSA) is 67.2 Å². The van der Waals surface area contributed by atoms with Crippen LogP contribution in [-0.2, 0) is 7.05 Å². The molecule has 0 aliphatic heterocycles. The summed E-state index contributed by atoms with van der Waals surface area (Å²) in [5, 5.41) is 3.07. The van der Waals surface area contributed by atoms with E-state index in [0.29, 0.717) is 17.4 Å². The Morgan fingerprint density at radius 2 is 2.11 bits per heavy atom. The van der Waals surface area contributed by atoms with Gasteiger partial charge in [-0.05, 0) is 30.6 Å². The third-order valence-electron chi connectivity index (χ3n) is 2.42. The number of carbonyl (C=O) groups is 1. The van der Waals surface area contributed by atoms with Gasteiger partial charge in [-0.15, -0.1) is 0 Å². The van der Waals surface area contributed by atoms with Crippen LogP contribution in [0.3, 0.4) is 0 Å². The third kappa shape index (κ3) is 2.82. The number of hydrogen-bond donors (Lipinski definition) is 1. The van der Waals surface area contributed by atoms with Crippen LogP contribution in [0.5, 0.6) is 0 Å². The van der Waals surface area contributed by atoms with E-state index in [0.717, 1.165) is 11.5 Å². The molecular formula is C12H14N4O2S. The minimum absolute atomic E-state index is 0.303. The van der Waals surface area contributed by atoms with Crippen LogP contribution in [0.4, 0.5) is 15.6 Å². The van der Waals surface area contributed by atoms with Crippen LogP contribution in [0.2, 0.25) is 0 Å². The number of aromatic nitrogens is 2. The zero-order chi connectivity index (χ0) is 13.8. The first-order chi connectivity index (χ1) is 9.13. The number of para-hydroxylation sites is 1. The van der Waals surface area contributed by atoms with Crippen LogP contribution in [-0.4, -0.2) is 21.5 Å². The zero-order valence-corrected chi connectivity index (χ0v) is 11.5. The van der Waals surface area contributed by atoms with E-state index in [1.807, 2.05) is 25.1 Å². The van der Waals surface area contributed by atoms with E-state index in [-0.39, 0.29) is 11.7 Å². The minimum atomic E-state index is -0.370. The molecule has 2 aromatic rings. The van der Waals surface area contributed by atoms with Crippen LogP contribution in [0.15, 0.2) is 35.1 Å². The first-order valence-corrected chi connectivity index (χ1v) is 6.58. The molecule has 0 saturated carbocycles. The lowest BCUT2D eigenvalue weighted by molar-refractivity contribution is 0.249. The van der Waals surface area contributed by atoms with Crippen molar-refractivity contribution in [1.82, 2.24) is 14.3 Å². The smallest absolute Gasteiger partial charge is 0.338 e. The summed E-state index contributed by atoms with van der Waals surface area (Å²) in [7, 11) is 1.62. The fraction of sp³-hybridized carbons (Fsp3) is 0.250. The summed E-state index contributed by atoms with van der Waals surface area (Å²) in [6, 6.07) is 8.80. The van der Waals surface area contributed by atoms with Gasteiger partial charge in [0.15, 0.2) is 0 Å². The first-order valence-electron chi connectivity index (χ1n) is 5.81. The average Bonchev–Trinajstić information content (AvgIpc) is 2.71. The summed E-state index contributed by atoms with van der Waals surface area (Å²) in [5.74, 6) is 0. The summed E-state index contributed by atoms with van der Waals surface area (Å²) >= 11 is 1.13. The molecule has 0 aliphatic carbocycles. The van der Waals surface area contributed by atoms with Gasteiger partial charge >= 0.3 is 11.7 Å². The van der Waals surface area contributed by atoms with Crippen molar-refractivity contribution in [2.24, 2.45) is 7.05 Å². The molecule has 0 fully saturated rings. The molecule has 0 radical (unpaired) electrons. The minimum Gasteiger partial charge on any atom is -0.338 e.